The molecule has 88 valence electrons. The first-order valence-corrected chi connectivity index (χ1v) is 6.86. The summed E-state index contributed by atoms with van der Waals surface area (Å²) < 4.78 is 1.07. The number of carbonyl (C=O) groups is 2. The van der Waals surface area contributed by atoms with Gasteiger partial charge in [0.2, 0.25) is 11.8 Å². The van der Waals surface area contributed by atoms with Gasteiger partial charge < -0.3 is 10.6 Å². The third-order valence-electron chi connectivity index (χ3n) is 2.56. The molecule has 1 atom stereocenters. The maximum atomic E-state index is 11.8. The van der Waals surface area contributed by atoms with Crippen LogP contribution in [0.4, 0.5) is 5.13 Å². The average Bonchev–Trinajstić information content (AvgIpc) is 2.92. The molecule has 1 aliphatic rings. The van der Waals surface area contributed by atoms with Crippen molar-refractivity contribution in [1.82, 2.24) is 10.3 Å². The van der Waals surface area contributed by atoms with E-state index in [-0.39, 0.29) is 11.8 Å². The van der Waals surface area contributed by atoms with E-state index in [0.717, 1.165) is 9.53 Å². The fourth-order valence-corrected chi connectivity index (χ4v) is 3.57. The van der Waals surface area contributed by atoms with Gasteiger partial charge in [-0.3, -0.25) is 9.59 Å². The number of thiophene rings is 1. The van der Waals surface area contributed by atoms with Crippen molar-refractivity contribution in [2.75, 3.05) is 5.32 Å². The first kappa shape index (κ1) is 10.7. The molecule has 2 aromatic heterocycles. The van der Waals surface area contributed by atoms with E-state index >= 15 is 0 Å². The third-order valence-corrected chi connectivity index (χ3v) is 4.43. The van der Waals surface area contributed by atoms with E-state index < -0.39 is 6.04 Å². The van der Waals surface area contributed by atoms with Crippen LogP contribution >= 0.6 is 22.7 Å². The first-order chi connectivity index (χ1) is 8.22. The summed E-state index contributed by atoms with van der Waals surface area (Å²) in [4.78, 5) is 28.0. The Hall–Kier alpha value is -1.47. The highest BCUT2D eigenvalue weighted by atomic mass is 32.1. The minimum atomic E-state index is -0.413. The van der Waals surface area contributed by atoms with Crippen LogP contribution < -0.4 is 10.6 Å². The molecule has 1 fully saturated rings. The highest BCUT2D eigenvalue weighted by Gasteiger charge is 2.27. The standard InChI is InChI=1S/C10H9N3O2S2/c14-7-2-1-5(11-7)8(15)12-10-13-9-6(17-10)3-4-16-9/h3-5H,1-2H2,(H,11,14)(H,12,13,15). The van der Waals surface area contributed by atoms with Crippen LogP contribution in [0.2, 0.25) is 0 Å². The van der Waals surface area contributed by atoms with Crippen LogP contribution in [-0.2, 0) is 9.59 Å². The van der Waals surface area contributed by atoms with Crippen LogP contribution in [0, 0.1) is 0 Å². The predicted molar refractivity (Wildman–Crippen MR) is 67.3 cm³/mol. The van der Waals surface area contributed by atoms with Crippen molar-refractivity contribution in [1.29, 1.82) is 0 Å². The van der Waals surface area contributed by atoms with Gasteiger partial charge in [-0.05, 0) is 17.9 Å². The van der Waals surface area contributed by atoms with Gasteiger partial charge in [-0.1, -0.05) is 11.3 Å². The fraction of sp³-hybridized carbons (Fsp3) is 0.300. The van der Waals surface area contributed by atoms with Gasteiger partial charge in [0.15, 0.2) is 5.13 Å². The molecule has 2 amide bonds. The molecule has 3 rings (SSSR count). The normalized spacial score (nSPS) is 19.5. The van der Waals surface area contributed by atoms with Crippen LogP contribution in [0.1, 0.15) is 12.8 Å². The van der Waals surface area contributed by atoms with Gasteiger partial charge in [0, 0.05) is 6.42 Å². The van der Waals surface area contributed by atoms with Crippen LogP contribution in [0.5, 0.6) is 0 Å². The second-order valence-corrected chi connectivity index (χ2v) is 5.68. The predicted octanol–water partition coefficient (Wildman–Crippen LogP) is 1.57. The molecule has 5 nitrogen and oxygen atoms in total. The second kappa shape index (κ2) is 4.08. The van der Waals surface area contributed by atoms with Crippen LogP contribution in [0.3, 0.4) is 0 Å². The Balaban J connectivity index is 1.72. The van der Waals surface area contributed by atoms with Gasteiger partial charge in [-0.25, -0.2) is 4.98 Å². The maximum absolute atomic E-state index is 11.8. The SMILES string of the molecule is O=C1CCC(C(=O)Nc2nc3sccc3s2)N1. The Labute approximate surface area is 105 Å². The van der Waals surface area contributed by atoms with Crippen molar-refractivity contribution in [3.63, 3.8) is 0 Å². The summed E-state index contributed by atoms with van der Waals surface area (Å²) in [6.07, 6.45) is 0.982. The summed E-state index contributed by atoms with van der Waals surface area (Å²) in [6.45, 7) is 0. The Kier molecular flexibility index (Phi) is 2.56. The maximum Gasteiger partial charge on any atom is 0.248 e. The van der Waals surface area contributed by atoms with Gasteiger partial charge in [0.1, 0.15) is 10.9 Å². The Morgan fingerprint density at radius 1 is 1.59 bits per heavy atom. The molecule has 0 bridgehead atoms. The van der Waals surface area contributed by atoms with Crippen molar-refractivity contribution in [3.8, 4) is 0 Å². The highest BCUT2D eigenvalue weighted by molar-refractivity contribution is 7.28. The van der Waals surface area contributed by atoms with Crippen molar-refractivity contribution in [2.24, 2.45) is 0 Å². The lowest BCUT2D eigenvalue weighted by molar-refractivity contribution is -0.122. The van der Waals surface area contributed by atoms with E-state index in [1.54, 1.807) is 11.3 Å². The molecule has 0 saturated carbocycles. The average molecular weight is 267 g/mol. The number of anilines is 1. The Morgan fingerprint density at radius 2 is 2.47 bits per heavy atom. The molecule has 0 radical (unpaired) electrons. The van der Waals surface area contributed by atoms with E-state index in [0.29, 0.717) is 18.0 Å². The van der Waals surface area contributed by atoms with Gasteiger partial charge in [0.05, 0.1) is 4.70 Å². The largest absolute Gasteiger partial charge is 0.344 e. The summed E-state index contributed by atoms with van der Waals surface area (Å²) in [5, 5.41) is 7.93. The van der Waals surface area contributed by atoms with E-state index in [9.17, 15) is 9.59 Å². The number of aromatic nitrogens is 1. The van der Waals surface area contributed by atoms with Gasteiger partial charge in [-0.15, -0.1) is 11.3 Å². The summed E-state index contributed by atoms with van der Waals surface area (Å²) in [5.74, 6) is -0.248. The van der Waals surface area contributed by atoms with Crippen LogP contribution in [0.15, 0.2) is 11.4 Å². The molecule has 1 saturated heterocycles. The zero-order chi connectivity index (χ0) is 11.8. The second-order valence-electron chi connectivity index (χ2n) is 3.76. The van der Waals surface area contributed by atoms with E-state index in [1.165, 1.54) is 11.3 Å². The zero-order valence-corrected chi connectivity index (χ0v) is 10.4. The van der Waals surface area contributed by atoms with E-state index in [1.807, 2.05) is 11.4 Å². The molecule has 7 heteroatoms. The number of hydrogen-bond donors (Lipinski definition) is 2. The number of thiazole rings is 1. The number of carbonyl (C=O) groups excluding carboxylic acids is 2. The summed E-state index contributed by atoms with van der Waals surface area (Å²) in [6, 6.07) is 1.56. The zero-order valence-electron chi connectivity index (χ0n) is 8.73. The van der Waals surface area contributed by atoms with Crippen molar-refractivity contribution < 1.29 is 9.59 Å². The summed E-state index contributed by atoms with van der Waals surface area (Å²) in [5.41, 5.74) is 0. The smallest absolute Gasteiger partial charge is 0.248 e. The monoisotopic (exact) mass is 267 g/mol. The lowest BCUT2D eigenvalue weighted by Crippen LogP contribution is -2.37. The number of nitrogens with zero attached hydrogens (tertiary/aromatic N) is 1. The number of rotatable bonds is 2. The van der Waals surface area contributed by atoms with Gasteiger partial charge in [0.25, 0.3) is 0 Å². The quantitative estimate of drug-likeness (QED) is 0.867. The van der Waals surface area contributed by atoms with E-state index in [4.69, 9.17) is 0 Å². The Morgan fingerprint density at radius 3 is 3.18 bits per heavy atom. The molecule has 17 heavy (non-hydrogen) atoms. The molecule has 2 aromatic rings. The molecule has 1 aliphatic heterocycles. The molecule has 1 unspecified atom stereocenters. The van der Waals surface area contributed by atoms with Crippen molar-refractivity contribution in [2.45, 2.75) is 18.9 Å². The van der Waals surface area contributed by atoms with Gasteiger partial charge in [-0.2, -0.15) is 0 Å². The number of nitrogens with one attached hydrogen (secondary N) is 2. The lowest BCUT2D eigenvalue weighted by Gasteiger charge is -2.08. The lowest BCUT2D eigenvalue weighted by atomic mass is 10.2. The minimum absolute atomic E-state index is 0.0646. The highest BCUT2D eigenvalue weighted by Crippen LogP contribution is 2.29. The minimum Gasteiger partial charge on any atom is -0.344 e. The number of hydrogen-bond acceptors (Lipinski definition) is 5. The molecule has 0 aliphatic carbocycles. The van der Waals surface area contributed by atoms with Crippen molar-refractivity contribution in [3.05, 3.63) is 11.4 Å². The molecular weight excluding hydrogens is 258 g/mol. The molecule has 0 aromatic carbocycles. The number of fused-ring (bicyclic) bond motifs is 1. The van der Waals surface area contributed by atoms with Crippen LogP contribution in [-0.4, -0.2) is 22.8 Å². The molecule has 0 spiro atoms. The van der Waals surface area contributed by atoms with Crippen molar-refractivity contribution >= 4 is 49.1 Å². The van der Waals surface area contributed by atoms with Crippen LogP contribution in [0.25, 0.3) is 9.53 Å². The molecular formula is C10H9N3O2S2. The van der Waals surface area contributed by atoms with Gasteiger partial charge >= 0.3 is 0 Å². The Bertz CT molecular complexity index is 561. The number of amides is 2. The summed E-state index contributed by atoms with van der Waals surface area (Å²) in [7, 11) is 0. The van der Waals surface area contributed by atoms with E-state index in [2.05, 4.69) is 15.6 Å². The topological polar surface area (TPSA) is 71.1 Å². The first-order valence-electron chi connectivity index (χ1n) is 5.16. The molecule has 3 heterocycles. The third kappa shape index (κ3) is 2.03. The summed E-state index contributed by atoms with van der Waals surface area (Å²) >= 11 is 2.99. The fourth-order valence-electron chi connectivity index (χ4n) is 1.72. The molecule has 2 N–H and O–H groups in total.